The van der Waals surface area contributed by atoms with Crippen LogP contribution in [0.25, 0.3) is 28.0 Å². The van der Waals surface area contributed by atoms with Gasteiger partial charge in [0.25, 0.3) is 0 Å². The van der Waals surface area contributed by atoms with Gasteiger partial charge in [-0.15, -0.1) is 0 Å². The van der Waals surface area contributed by atoms with Gasteiger partial charge in [0.1, 0.15) is 17.4 Å². The van der Waals surface area contributed by atoms with Gasteiger partial charge in [0.2, 0.25) is 5.91 Å². The quantitative estimate of drug-likeness (QED) is 0.370. The number of aromatic hydroxyl groups is 1. The first-order chi connectivity index (χ1) is 18.6. The lowest BCUT2D eigenvalue weighted by atomic mass is 10.1. The molecular formula is C29H27ClFN5O3. The van der Waals surface area contributed by atoms with Gasteiger partial charge in [-0.3, -0.25) is 4.79 Å². The van der Waals surface area contributed by atoms with Crippen molar-refractivity contribution in [1.29, 1.82) is 0 Å². The molecule has 39 heavy (non-hydrogen) atoms. The van der Waals surface area contributed by atoms with Crippen molar-refractivity contribution in [2.24, 2.45) is 0 Å². The van der Waals surface area contributed by atoms with Gasteiger partial charge in [-0.1, -0.05) is 42.4 Å². The Morgan fingerprint density at radius 1 is 1.15 bits per heavy atom. The SMILES string of the molecule is C=CC(=O)N1CCN(c2nc(=O)n(-c3c(C)cccc3C)c3nc(-c4c(O)cccc4F)c(Cl)cc23)[C@@H](C)C1. The Kier molecular flexibility index (Phi) is 6.86. The number of halogens is 2. The van der Waals surface area contributed by atoms with Crippen LogP contribution in [-0.4, -0.2) is 56.1 Å². The molecule has 0 radical (unpaired) electrons. The summed E-state index contributed by atoms with van der Waals surface area (Å²) in [6.45, 7) is 10.5. The maximum absolute atomic E-state index is 14.9. The van der Waals surface area contributed by atoms with Crippen LogP contribution < -0.4 is 10.6 Å². The second kappa shape index (κ2) is 10.1. The van der Waals surface area contributed by atoms with Crippen molar-refractivity contribution in [3.05, 3.63) is 87.6 Å². The number of fused-ring (bicyclic) bond motifs is 1. The van der Waals surface area contributed by atoms with Crippen LogP contribution in [0.1, 0.15) is 18.1 Å². The summed E-state index contributed by atoms with van der Waals surface area (Å²) < 4.78 is 16.3. The minimum Gasteiger partial charge on any atom is -0.507 e. The average molecular weight is 548 g/mol. The van der Waals surface area contributed by atoms with Crippen LogP contribution in [0.5, 0.6) is 5.75 Å². The van der Waals surface area contributed by atoms with Crippen molar-refractivity contribution in [2.75, 3.05) is 24.5 Å². The molecule has 1 aliphatic heterocycles. The molecule has 3 heterocycles. The van der Waals surface area contributed by atoms with Crippen molar-refractivity contribution in [1.82, 2.24) is 19.4 Å². The van der Waals surface area contributed by atoms with Crippen LogP contribution in [0.4, 0.5) is 10.2 Å². The van der Waals surface area contributed by atoms with E-state index in [2.05, 4.69) is 11.6 Å². The van der Waals surface area contributed by atoms with E-state index in [1.165, 1.54) is 28.8 Å². The minimum atomic E-state index is -0.698. The van der Waals surface area contributed by atoms with Gasteiger partial charge in [0.05, 0.1) is 27.4 Å². The molecule has 1 N–H and O–H groups in total. The number of carbonyl (C=O) groups excluding carboxylic acids is 1. The van der Waals surface area contributed by atoms with E-state index in [0.717, 1.165) is 11.1 Å². The Morgan fingerprint density at radius 3 is 2.49 bits per heavy atom. The zero-order chi connectivity index (χ0) is 28.0. The van der Waals surface area contributed by atoms with Gasteiger partial charge in [0, 0.05) is 25.7 Å². The van der Waals surface area contributed by atoms with Crippen LogP contribution in [0.3, 0.4) is 0 Å². The number of amides is 1. The number of pyridine rings is 1. The molecule has 1 aliphatic rings. The first kappa shape index (κ1) is 26.4. The van der Waals surface area contributed by atoms with Crippen LogP contribution in [0.15, 0.2) is 59.9 Å². The van der Waals surface area contributed by atoms with E-state index >= 15 is 0 Å². The first-order valence-electron chi connectivity index (χ1n) is 12.5. The molecule has 4 aromatic rings. The van der Waals surface area contributed by atoms with E-state index in [1.54, 1.807) is 11.0 Å². The second-order valence-corrected chi connectivity index (χ2v) is 10.1. The maximum Gasteiger partial charge on any atom is 0.355 e. The molecule has 0 saturated carbocycles. The van der Waals surface area contributed by atoms with E-state index in [-0.39, 0.29) is 39.6 Å². The van der Waals surface area contributed by atoms with Crippen LogP contribution >= 0.6 is 11.6 Å². The molecule has 0 bridgehead atoms. The van der Waals surface area contributed by atoms with E-state index in [1.807, 2.05) is 43.9 Å². The third kappa shape index (κ3) is 4.52. The Bertz CT molecular complexity index is 1660. The number of anilines is 1. The van der Waals surface area contributed by atoms with Crippen molar-refractivity contribution in [3.8, 4) is 22.7 Å². The highest BCUT2D eigenvalue weighted by molar-refractivity contribution is 6.34. The number of phenols is 1. The Hall–Kier alpha value is -4.24. The molecule has 1 amide bonds. The summed E-state index contributed by atoms with van der Waals surface area (Å²) in [6, 6.07) is 11.0. The van der Waals surface area contributed by atoms with E-state index < -0.39 is 11.5 Å². The summed E-state index contributed by atoms with van der Waals surface area (Å²) in [5, 5.41) is 11.1. The topological polar surface area (TPSA) is 91.6 Å². The third-order valence-corrected chi connectivity index (χ3v) is 7.37. The monoisotopic (exact) mass is 547 g/mol. The molecule has 0 unspecified atom stereocenters. The van der Waals surface area contributed by atoms with Crippen molar-refractivity contribution in [2.45, 2.75) is 26.8 Å². The number of rotatable bonds is 4. The number of piperazine rings is 1. The highest BCUT2D eigenvalue weighted by atomic mass is 35.5. The number of aromatic nitrogens is 3. The van der Waals surface area contributed by atoms with Crippen LogP contribution in [-0.2, 0) is 4.79 Å². The summed E-state index contributed by atoms with van der Waals surface area (Å²) in [4.78, 5) is 38.8. The average Bonchev–Trinajstić information content (AvgIpc) is 2.89. The van der Waals surface area contributed by atoms with Crippen LogP contribution in [0, 0.1) is 19.7 Å². The zero-order valence-electron chi connectivity index (χ0n) is 21.8. The van der Waals surface area contributed by atoms with Gasteiger partial charge >= 0.3 is 5.69 Å². The lowest BCUT2D eigenvalue weighted by Gasteiger charge is -2.40. The fraction of sp³-hybridized carbons (Fsp3) is 0.241. The minimum absolute atomic E-state index is 0.00533. The molecular weight excluding hydrogens is 521 g/mol. The van der Waals surface area contributed by atoms with E-state index in [0.29, 0.717) is 36.5 Å². The Morgan fingerprint density at radius 2 is 1.85 bits per heavy atom. The molecule has 1 fully saturated rings. The number of nitrogens with zero attached hydrogens (tertiary/aromatic N) is 5. The molecule has 8 nitrogen and oxygen atoms in total. The third-order valence-electron chi connectivity index (χ3n) is 7.08. The summed E-state index contributed by atoms with van der Waals surface area (Å²) in [6.07, 6.45) is 1.28. The number of benzene rings is 2. The standard InChI is InChI=1S/C29H27ClFN5O3/c1-5-23(38)34-12-13-35(18(4)15-34)27-19-14-20(30)25(24-21(31)10-7-11-22(24)37)32-28(19)36(29(39)33-27)26-16(2)8-6-9-17(26)3/h5-11,14,18,37H,1,12-13,15H2,2-4H3/t18-/m0/s1. The molecule has 0 spiro atoms. The number of para-hydroxylation sites is 1. The summed E-state index contributed by atoms with van der Waals surface area (Å²) in [5.74, 6) is -0.815. The number of hydrogen-bond acceptors (Lipinski definition) is 6. The van der Waals surface area contributed by atoms with Gasteiger partial charge < -0.3 is 14.9 Å². The molecule has 10 heteroatoms. The lowest BCUT2D eigenvalue weighted by molar-refractivity contribution is -0.126. The molecule has 2 aromatic carbocycles. The Balaban J connectivity index is 1.81. The van der Waals surface area contributed by atoms with Gasteiger partial charge in [0.15, 0.2) is 5.65 Å². The van der Waals surface area contributed by atoms with Gasteiger partial charge in [-0.2, -0.15) is 4.98 Å². The predicted molar refractivity (Wildman–Crippen MR) is 150 cm³/mol. The molecule has 5 rings (SSSR count). The van der Waals surface area contributed by atoms with Gasteiger partial charge in [-0.05, 0) is 56.2 Å². The second-order valence-electron chi connectivity index (χ2n) is 9.65. The fourth-order valence-corrected chi connectivity index (χ4v) is 5.45. The maximum atomic E-state index is 14.9. The zero-order valence-corrected chi connectivity index (χ0v) is 22.5. The van der Waals surface area contributed by atoms with E-state index in [9.17, 15) is 19.1 Å². The molecule has 200 valence electrons. The molecule has 2 aromatic heterocycles. The largest absolute Gasteiger partial charge is 0.507 e. The number of phenolic OH excluding ortho intramolecular Hbond substituents is 1. The molecule has 1 atom stereocenters. The normalized spacial score (nSPS) is 15.6. The number of aryl methyl sites for hydroxylation is 2. The highest BCUT2D eigenvalue weighted by Crippen LogP contribution is 2.38. The first-order valence-corrected chi connectivity index (χ1v) is 12.9. The smallest absolute Gasteiger partial charge is 0.355 e. The predicted octanol–water partition coefficient (Wildman–Crippen LogP) is 4.79. The van der Waals surface area contributed by atoms with Crippen molar-refractivity contribution >= 4 is 34.4 Å². The lowest BCUT2D eigenvalue weighted by Crippen LogP contribution is -2.54. The fourth-order valence-electron chi connectivity index (χ4n) is 5.21. The highest BCUT2D eigenvalue weighted by Gasteiger charge is 2.30. The van der Waals surface area contributed by atoms with Crippen LogP contribution in [0.2, 0.25) is 5.02 Å². The summed E-state index contributed by atoms with van der Waals surface area (Å²) >= 11 is 6.68. The summed E-state index contributed by atoms with van der Waals surface area (Å²) in [7, 11) is 0. The number of hydrogen-bond donors (Lipinski definition) is 1. The van der Waals surface area contributed by atoms with Crippen molar-refractivity contribution < 1.29 is 14.3 Å². The summed E-state index contributed by atoms with van der Waals surface area (Å²) in [5.41, 5.74) is 1.76. The van der Waals surface area contributed by atoms with Gasteiger partial charge in [-0.25, -0.2) is 18.7 Å². The van der Waals surface area contributed by atoms with E-state index in [4.69, 9.17) is 16.6 Å². The number of carbonyl (C=O) groups is 1. The van der Waals surface area contributed by atoms with Crippen molar-refractivity contribution in [3.63, 3.8) is 0 Å². The molecule has 1 saturated heterocycles. The molecule has 0 aliphatic carbocycles. The Labute approximate surface area is 229 Å².